The Morgan fingerprint density at radius 1 is 0.964 bits per heavy atom. The number of anilines is 2. The molecule has 2 aliphatic rings. The Bertz CT molecular complexity index is 1870. The lowest BCUT2D eigenvalue weighted by Gasteiger charge is -2.35. The molecule has 1 N–H and O–H groups in total. The summed E-state index contributed by atoms with van der Waals surface area (Å²) in [5, 5.41) is 12.4. The lowest BCUT2D eigenvalue weighted by molar-refractivity contribution is -0.167. The van der Waals surface area contributed by atoms with E-state index in [2.05, 4.69) is 5.32 Å². The van der Waals surface area contributed by atoms with Crippen molar-refractivity contribution in [2.24, 2.45) is 0 Å². The van der Waals surface area contributed by atoms with E-state index >= 15 is 0 Å². The Morgan fingerprint density at radius 2 is 1.62 bits per heavy atom. The number of esters is 1. The SMILES string of the molecule is CC(=O)O[C@@H](C(=O)Nc1ccc(C#N)c(CN(C(=O)OC(C)(C)C)C(=O)OC(C)(C)C)c1)[C@H]1OCCN(c2cccc(C(=O)N3CCN(C)C(=O)C3)c2)C1=O. The maximum Gasteiger partial charge on any atom is 0.420 e. The van der Waals surface area contributed by atoms with Crippen LogP contribution in [0.4, 0.5) is 21.0 Å². The molecule has 0 aliphatic carbocycles. The lowest BCUT2D eigenvalue weighted by atomic mass is 10.1. The van der Waals surface area contributed by atoms with Gasteiger partial charge in [0.05, 0.1) is 24.8 Å². The van der Waals surface area contributed by atoms with Crippen LogP contribution < -0.4 is 10.2 Å². The quantitative estimate of drug-likeness (QED) is 0.303. The first-order valence-corrected chi connectivity index (χ1v) is 17.5. The number of imide groups is 1. The number of carbonyl (C=O) groups is 7. The van der Waals surface area contributed by atoms with E-state index in [0.717, 1.165) is 6.92 Å². The van der Waals surface area contributed by atoms with Crippen molar-refractivity contribution in [1.82, 2.24) is 14.7 Å². The average molecular weight is 763 g/mol. The fraction of sp³-hybridized carbons (Fsp3) is 0.474. The van der Waals surface area contributed by atoms with Crippen LogP contribution in [0.2, 0.25) is 0 Å². The third kappa shape index (κ3) is 11.0. The van der Waals surface area contributed by atoms with Crippen molar-refractivity contribution in [3.63, 3.8) is 0 Å². The van der Waals surface area contributed by atoms with Gasteiger partial charge in [-0.15, -0.1) is 0 Å². The first-order chi connectivity index (χ1) is 25.7. The van der Waals surface area contributed by atoms with Crippen LogP contribution in [-0.2, 0) is 44.7 Å². The van der Waals surface area contributed by atoms with Crippen LogP contribution in [0.3, 0.4) is 0 Å². The number of ether oxygens (including phenoxy) is 4. The highest BCUT2D eigenvalue weighted by molar-refractivity contribution is 6.05. The van der Waals surface area contributed by atoms with Crippen molar-refractivity contribution in [3.8, 4) is 6.07 Å². The van der Waals surface area contributed by atoms with E-state index < -0.39 is 59.9 Å². The molecular formula is C38H46N6O11. The van der Waals surface area contributed by atoms with E-state index in [1.165, 1.54) is 39.0 Å². The van der Waals surface area contributed by atoms with E-state index in [1.54, 1.807) is 66.8 Å². The minimum Gasteiger partial charge on any atom is -0.449 e. The van der Waals surface area contributed by atoms with Gasteiger partial charge in [0.1, 0.15) is 17.7 Å². The van der Waals surface area contributed by atoms with Gasteiger partial charge in [-0.1, -0.05) is 6.07 Å². The first kappa shape index (κ1) is 41.7. The Hall–Kier alpha value is -6.02. The fourth-order valence-electron chi connectivity index (χ4n) is 5.56. The monoisotopic (exact) mass is 762 g/mol. The fourth-order valence-corrected chi connectivity index (χ4v) is 5.56. The number of hydrogen-bond donors (Lipinski definition) is 1. The van der Waals surface area contributed by atoms with Crippen molar-refractivity contribution in [3.05, 3.63) is 59.2 Å². The molecule has 2 heterocycles. The number of piperazine rings is 1. The maximum atomic E-state index is 13.9. The molecule has 2 aromatic carbocycles. The zero-order chi connectivity index (χ0) is 40.8. The third-order valence-electron chi connectivity index (χ3n) is 8.15. The van der Waals surface area contributed by atoms with Crippen molar-refractivity contribution in [1.29, 1.82) is 5.26 Å². The number of amides is 6. The third-order valence-corrected chi connectivity index (χ3v) is 8.15. The molecule has 4 rings (SSSR count). The molecule has 0 saturated carbocycles. The van der Waals surface area contributed by atoms with Crippen LogP contribution >= 0.6 is 0 Å². The number of carbonyl (C=O) groups excluding carboxylic acids is 7. The summed E-state index contributed by atoms with van der Waals surface area (Å²) in [5.41, 5.74) is -1.12. The van der Waals surface area contributed by atoms with E-state index in [1.807, 2.05) is 6.07 Å². The van der Waals surface area contributed by atoms with Gasteiger partial charge < -0.3 is 39.0 Å². The first-order valence-electron chi connectivity index (χ1n) is 17.5. The summed E-state index contributed by atoms with van der Waals surface area (Å²) in [7, 11) is 1.66. The highest BCUT2D eigenvalue weighted by Crippen LogP contribution is 2.26. The maximum absolute atomic E-state index is 13.9. The standard InChI is InChI=1S/C38H46N6O11/c1-23(45)53-30(31-34(49)43(16-17-52-31)28-11-9-10-24(19-28)33(48)42-15-14-41(8)29(46)22-42)32(47)40-27-13-12-25(20-39)26(18-27)21-44(35(50)54-37(2,3)4)36(51)55-38(5,6)7/h9-13,18-19,30-31H,14-17,21-22H2,1-8H3,(H,40,47)/t30-,31-/m1/s1. The van der Waals surface area contributed by atoms with Crippen LogP contribution in [0.5, 0.6) is 0 Å². The van der Waals surface area contributed by atoms with E-state index in [4.69, 9.17) is 18.9 Å². The molecule has 2 fully saturated rings. The smallest absolute Gasteiger partial charge is 0.420 e. The summed E-state index contributed by atoms with van der Waals surface area (Å²) in [6.45, 7) is 10.9. The Morgan fingerprint density at radius 3 is 2.20 bits per heavy atom. The summed E-state index contributed by atoms with van der Waals surface area (Å²) in [5.74, 6) is -3.14. The van der Waals surface area contributed by atoms with E-state index in [9.17, 15) is 38.8 Å². The molecule has 0 spiro atoms. The Labute approximate surface area is 319 Å². The molecule has 0 unspecified atom stereocenters. The normalized spacial score (nSPS) is 16.8. The number of morpholine rings is 1. The molecule has 0 radical (unpaired) electrons. The molecule has 55 heavy (non-hydrogen) atoms. The Balaban J connectivity index is 1.58. The van der Waals surface area contributed by atoms with Crippen molar-refractivity contribution in [2.45, 2.75) is 78.4 Å². The summed E-state index contributed by atoms with van der Waals surface area (Å²) in [6.07, 6.45) is -5.44. The molecule has 0 bridgehead atoms. The number of nitrogens with zero attached hydrogens (tertiary/aromatic N) is 5. The number of likely N-dealkylation sites (N-methyl/N-ethyl adjacent to an activating group) is 1. The summed E-state index contributed by atoms with van der Waals surface area (Å²) < 4.78 is 21.9. The van der Waals surface area contributed by atoms with Crippen LogP contribution in [0.1, 0.15) is 70.0 Å². The predicted octanol–water partition coefficient (Wildman–Crippen LogP) is 3.45. The zero-order valence-corrected chi connectivity index (χ0v) is 32.2. The average Bonchev–Trinajstić information content (AvgIpc) is 3.09. The summed E-state index contributed by atoms with van der Waals surface area (Å²) in [6, 6.07) is 12.3. The molecular weight excluding hydrogens is 716 g/mol. The van der Waals surface area contributed by atoms with Crippen molar-refractivity contribution >= 4 is 53.2 Å². The van der Waals surface area contributed by atoms with Crippen LogP contribution in [0.15, 0.2) is 42.5 Å². The second kappa shape index (κ2) is 17.0. The molecule has 294 valence electrons. The molecule has 2 aliphatic heterocycles. The van der Waals surface area contributed by atoms with Crippen LogP contribution in [0.25, 0.3) is 0 Å². The molecule has 2 atom stereocenters. The lowest BCUT2D eigenvalue weighted by Crippen LogP contribution is -2.56. The molecule has 17 heteroatoms. The number of nitrogens with one attached hydrogen (secondary N) is 1. The molecule has 0 aromatic heterocycles. The Kier molecular flexibility index (Phi) is 12.9. The van der Waals surface area contributed by atoms with Gasteiger partial charge in [0.25, 0.3) is 17.7 Å². The molecule has 2 aromatic rings. The molecule has 6 amide bonds. The van der Waals surface area contributed by atoms with E-state index in [-0.39, 0.29) is 53.9 Å². The van der Waals surface area contributed by atoms with Gasteiger partial charge in [0.2, 0.25) is 12.0 Å². The van der Waals surface area contributed by atoms with Gasteiger partial charge in [0, 0.05) is 50.5 Å². The molecule has 17 nitrogen and oxygen atoms in total. The second-order valence-corrected chi connectivity index (χ2v) is 14.9. The zero-order valence-electron chi connectivity index (χ0n) is 32.2. The van der Waals surface area contributed by atoms with Gasteiger partial charge in [-0.3, -0.25) is 24.0 Å². The highest BCUT2D eigenvalue weighted by Gasteiger charge is 2.43. The van der Waals surface area contributed by atoms with Crippen molar-refractivity contribution in [2.75, 3.05) is 50.1 Å². The van der Waals surface area contributed by atoms with Gasteiger partial charge in [-0.25, -0.2) is 14.5 Å². The minimum absolute atomic E-state index is 0.0547. The summed E-state index contributed by atoms with van der Waals surface area (Å²) in [4.78, 5) is 96.7. The van der Waals surface area contributed by atoms with Crippen LogP contribution in [-0.4, -0.2) is 120 Å². The second-order valence-electron chi connectivity index (χ2n) is 14.9. The largest absolute Gasteiger partial charge is 0.449 e. The minimum atomic E-state index is -1.78. The van der Waals surface area contributed by atoms with Gasteiger partial charge in [0.15, 0.2) is 6.10 Å². The highest BCUT2D eigenvalue weighted by atomic mass is 16.6. The van der Waals surface area contributed by atoms with Crippen molar-refractivity contribution < 1.29 is 52.5 Å². The van der Waals surface area contributed by atoms with Gasteiger partial charge in [-0.05, 0) is 83.5 Å². The predicted molar refractivity (Wildman–Crippen MR) is 195 cm³/mol. The number of rotatable bonds is 8. The topological polar surface area (TPSA) is 205 Å². The number of hydrogen-bond acceptors (Lipinski definition) is 12. The van der Waals surface area contributed by atoms with Gasteiger partial charge in [-0.2, -0.15) is 5.26 Å². The van der Waals surface area contributed by atoms with E-state index in [0.29, 0.717) is 23.7 Å². The number of nitriles is 1. The summed E-state index contributed by atoms with van der Waals surface area (Å²) >= 11 is 0. The van der Waals surface area contributed by atoms with Gasteiger partial charge >= 0.3 is 18.2 Å². The number of benzene rings is 2. The van der Waals surface area contributed by atoms with Crippen LogP contribution in [0, 0.1) is 11.3 Å². The molecule has 2 saturated heterocycles.